The number of para-hydroxylation sites is 1. The van der Waals surface area contributed by atoms with E-state index in [4.69, 9.17) is 14.3 Å². The first kappa shape index (κ1) is 21.8. The number of quaternary nitrogens is 1. The Kier molecular flexibility index (Phi) is 6.84. The number of carboxylic acids is 1. The van der Waals surface area contributed by atoms with Crippen molar-refractivity contribution in [1.29, 1.82) is 0 Å². The number of esters is 1. The fraction of sp³-hybridized carbons (Fsp3) is 0.174. The summed E-state index contributed by atoms with van der Waals surface area (Å²) in [7, 11) is 0. The fourth-order valence-electron chi connectivity index (χ4n) is 3.20. The molecule has 0 amide bonds. The number of carbonyl (C=O) groups is 2. The first-order valence-corrected chi connectivity index (χ1v) is 9.54. The van der Waals surface area contributed by atoms with Gasteiger partial charge in [0, 0.05) is 11.4 Å². The average molecular weight is 421 g/mol. The van der Waals surface area contributed by atoms with Crippen molar-refractivity contribution in [3.63, 3.8) is 0 Å². The highest BCUT2D eigenvalue weighted by molar-refractivity contribution is 5.92. The van der Waals surface area contributed by atoms with Crippen LogP contribution in [0.4, 0.5) is 0 Å². The smallest absolute Gasteiger partial charge is 0.306 e. The summed E-state index contributed by atoms with van der Waals surface area (Å²) in [6.07, 6.45) is -0.600. The Hall–Kier alpha value is -3.91. The van der Waals surface area contributed by atoms with Crippen LogP contribution in [-0.4, -0.2) is 21.7 Å². The summed E-state index contributed by atoms with van der Waals surface area (Å²) in [4.78, 5) is 22.0. The van der Waals surface area contributed by atoms with Crippen molar-refractivity contribution in [2.75, 3.05) is 0 Å². The van der Waals surface area contributed by atoms with Crippen molar-refractivity contribution < 1.29 is 23.8 Å². The van der Waals surface area contributed by atoms with E-state index in [1.165, 1.54) is 0 Å². The van der Waals surface area contributed by atoms with Gasteiger partial charge in [0.2, 0.25) is 0 Å². The van der Waals surface area contributed by atoms with Crippen LogP contribution in [0, 0.1) is 0 Å². The Morgan fingerprint density at radius 1 is 0.968 bits per heavy atom. The van der Waals surface area contributed by atoms with Crippen LogP contribution in [0.25, 0.3) is 22.4 Å². The quantitative estimate of drug-likeness (QED) is 0.434. The molecular weight excluding hydrogens is 398 g/mol. The number of carboxylic acid groups (broad SMARTS) is 1. The van der Waals surface area contributed by atoms with Crippen molar-refractivity contribution in [3.05, 3.63) is 78.1 Å². The van der Waals surface area contributed by atoms with Crippen LogP contribution >= 0.6 is 0 Å². The summed E-state index contributed by atoms with van der Waals surface area (Å²) in [5.41, 5.74) is 2.83. The van der Waals surface area contributed by atoms with Gasteiger partial charge in [-0.05, 0) is 30.2 Å². The zero-order chi connectivity index (χ0) is 20.9. The number of hydrogen-bond acceptors (Lipinski definition) is 6. The number of aliphatic carboxylic acids is 1. The number of furan rings is 1. The average Bonchev–Trinajstić information content (AvgIpc) is 3.36. The van der Waals surface area contributed by atoms with Gasteiger partial charge in [0.25, 0.3) is 0 Å². The molecule has 4 aromatic rings. The highest BCUT2D eigenvalue weighted by Crippen LogP contribution is 2.30. The van der Waals surface area contributed by atoms with Gasteiger partial charge in [0.15, 0.2) is 5.76 Å². The SMILES string of the molecule is O=C([O-])CCC(=O)OCc1ccc(-c2nn(Cc3ccccc3)c3ccccc23)o1.[NH4+]. The van der Waals surface area contributed by atoms with Crippen LogP contribution in [0.2, 0.25) is 0 Å². The Labute approximate surface area is 178 Å². The first-order chi connectivity index (χ1) is 14.6. The standard InChI is InChI=1S/C23H20N2O5.H3N/c26-21(27)12-13-22(28)29-15-17-10-11-20(30-17)23-18-8-4-5-9-19(18)25(24-23)14-16-6-2-1-3-7-16;/h1-11H,12-15H2,(H,26,27);1H3. The van der Waals surface area contributed by atoms with Gasteiger partial charge in [-0.2, -0.15) is 5.10 Å². The molecule has 2 heterocycles. The molecule has 0 aliphatic rings. The van der Waals surface area contributed by atoms with Gasteiger partial charge in [-0.15, -0.1) is 0 Å². The molecule has 0 fully saturated rings. The summed E-state index contributed by atoms with van der Waals surface area (Å²) < 4.78 is 12.8. The molecule has 31 heavy (non-hydrogen) atoms. The number of aromatic nitrogens is 2. The van der Waals surface area contributed by atoms with E-state index in [0.29, 0.717) is 23.8 Å². The van der Waals surface area contributed by atoms with Crippen molar-refractivity contribution in [3.8, 4) is 11.5 Å². The molecule has 0 saturated heterocycles. The van der Waals surface area contributed by atoms with E-state index in [-0.39, 0.29) is 25.6 Å². The number of benzene rings is 2. The van der Waals surface area contributed by atoms with Crippen molar-refractivity contribution >= 4 is 22.8 Å². The number of hydrogen-bond donors (Lipinski definition) is 1. The molecule has 0 radical (unpaired) electrons. The molecule has 4 N–H and O–H groups in total. The van der Waals surface area contributed by atoms with Gasteiger partial charge in [0.05, 0.1) is 18.5 Å². The molecule has 2 aromatic heterocycles. The normalized spacial score (nSPS) is 10.6. The lowest BCUT2D eigenvalue weighted by molar-refractivity contribution is -0.305. The van der Waals surface area contributed by atoms with E-state index < -0.39 is 11.9 Å². The van der Waals surface area contributed by atoms with E-state index in [1.807, 2.05) is 47.1 Å². The number of rotatable bonds is 8. The fourth-order valence-corrected chi connectivity index (χ4v) is 3.20. The molecule has 0 aliphatic carbocycles. The minimum Gasteiger partial charge on any atom is -0.550 e. The zero-order valence-corrected chi connectivity index (χ0v) is 17.1. The van der Waals surface area contributed by atoms with Gasteiger partial charge in [-0.25, -0.2) is 0 Å². The second-order valence-corrected chi connectivity index (χ2v) is 6.81. The molecule has 0 unspecified atom stereocenters. The summed E-state index contributed by atoms with van der Waals surface area (Å²) in [5.74, 6) is -0.882. The maximum Gasteiger partial charge on any atom is 0.306 e. The Bertz CT molecular complexity index is 1180. The molecule has 2 aromatic carbocycles. The van der Waals surface area contributed by atoms with E-state index >= 15 is 0 Å². The number of nitrogens with zero attached hydrogens (tertiary/aromatic N) is 2. The first-order valence-electron chi connectivity index (χ1n) is 9.54. The van der Waals surface area contributed by atoms with Crippen LogP contribution in [0.5, 0.6) is 0 Å². The highest BCUT2D eigenvalue weighted by atomic mass is 16.5. The van der Waals surface area contributed by atoms with Crippen LogP contribution in [0.1, 0.15) is 24.2 Å². The lowest BCUT2D eigenvalue weighted by Crippen LogP contribution is -2.23. The third kappa shape index (κ3) is 5.18. The Morgan fingerprint density at radius 2 is 1.71 bits per heavy atom. The molecule has 4 rings (SSSR count). The maximum atomic E-state index is 11.6. The molecule has 0 aliphatic heterocycles. The number of fused-ring (bicyclic) bond motifs is 1. The molecule has 160 valence electrons. The summed E-state index contributed by atoms with van der Waals surface area (Å²) >= 11 is 0. The Balaban J connectivity index is 0.00000272. The Morgan fingerprint density at radius 3 is 2.48 bits per heavy atom. The molecule has 0 saturated carbocycles. The second kappa shape index (κ2) is 9.73. The summed E-state index contributed by atoms with van der Waals surface area (Å²) in [6.45, 7) is 0.555. The number of ether oxygens (including phenoxy) is 1. The lowest BCUT2D eigenvalue weighted by atomic mass is 10.2. The van der Waals surface area contributed by atoms with Crippen LogP contribution in [0.15, 0.2) is 71.1 Å². The molecule has 8 nitrogen and oxygen atoms in total. The van der Waals surface area contributed by atoms with Gasteiger partial charge in [-0.3, -0.25) is 9.48 Å². The van der Waals surface area contributed by atoms with Crippen molar-refractivity contribution in [2.45, 2.75) is 26.0 Å². The second-order valence-electron chi connectivity index (χ2n) is 6.81. The minimum atomic E-state index is -1.29. The van der Waals surface area contributed by atoms with Gasteiger partial charge < -0.3 is 25.2 Å². The maximum absolute atomic E-state index is 11.6. The topological polar surface area (TPSA) is 134 Å². The monoisotopic (exact) mass is 421 g/mol. The van der Waals surface area contributed by atoms with Gasteiger partial charge in [-0.1, -0.05) is 48.5 Å². The van der Waals surface area contributed by atoms with Crippen molar-refractivity contribution in [1.82, 2.24) is 15.9 Å². The van der Waals surface area contributed by atoms with Crippen molar-refractivity contribution in [2.24, 2.45) is 0 Å². The molecule has 0 spiro atoms. The third-order valence-corrected chi connectivity index (χ3v) is 4.64. The predicted octanol–water partition coefficient (Wildman–Crippen LogP) is 3.29. The van der Waals surface area contributed by atoms with Gasteiger partial charge in [0.1, 0.15) is 18.1 Å². The van der Waals surface area contributed by atoms with E-state index in [2.05, 4.69) is 12.1 Å². The number of carbonyl (C=O) groups excluding carboxylic acids is 2. The summed E-state index contributed by atoms with van der Waals surface area (Å²) in [6, 6.07) is 21.5. The van der Waals surface area contributed by atoms with E-state index in [1.54, 1.807) is 12.1 Å². The molecule has 0 bridgehead atoms. The lowest BCUT2D eigenvalue weighted by Gasteiger charge is -2.03. The van der Waals surface area contributed by atoms with Crippen LogP contribution < -0.4 is 11.3 Å². The molecular formula is C23H23N3O5. The van der Waals surface area contributed by atoms with Crippen LogP contribution in [0.3, 0.4) is 0 Å². The highest BCUT2D eigenvalue weighted by Gasteiger charge is 2.16. The largest absolute Gasteiger partial charge is 0.550 e. The molecule has 0 atom stereocenters. The molecule has 8 heteroatoms. The van der Waals surface area contributed by atoms with E-state index in [0.717, 1.165) is 16.5 Å². The summed E-state index contributed by atoms with van der Waals surface area (Å²) in [5, 5.41) is 16.1. The zero-order valence-electron chi connectivity index (χ0n) is 17.1. The predicted molar refractivity (Wildman–Crippen MR) is 113 cm³/mol. The van der Waals surface area contributed by atoms with Crippen LogP contribution in [-0.2, 0) is 27.5 Å². The van der Waals surface area contributed by atoms with E-state index in [9.17, 15) is 14.7 Å². The van der Waals surface area contributed by atoms with Gasteiger partial charge >= 0.3 is 5.97 Å². The third-order valence-electron chi connectivity index (χ3n) is 4.64. The minimum absolute atomic E-state index is 0.